The van der Waals surface area contributed by atoms with E-state index in [1.807, 2.05) is 11.8 Å². The van der Waals surface area contributed by atoms with E-state index in [-0.39, 0.29) is 0 Å². The molecule has 0 saturated heterocycles. The number of aliphatic imine (C=N–C) groups is 1. The monoisotopic (exact) mass is 238 g/mol. The second kappa shape index (κ2) is 4.25. The summed E-state index contributed by atoms with van der Waals surface area (Å²) in [6.45, 7) is 5.82. The molecule has 0 spiro atoms. The molecule has 1 aliphatic heterocycles. The summed E-state index contributed by atoms with van der Waals surface area (Å²) in [4.78, 5) is 4.67. The number of thioether (sulfide) groups is 1. The summed E-state index contributed by atoms with van der Waals surface area (Å²) < 4.78 is 0. The molecule has 0 radical (unpaired) electrons. The van der Waals surface area contributed by atoms with Crippen molar-refractivity contribution in [3.05, 3.63) is 0 Å². The lowest BCUT2D eigenvalue weighted by Crippen LogP contribution is -2.35. The molecule has 2 saturated carbocycles. The summed E-state index contributed by atoms with van der Waals surface area (Å²) in [7, 11) is 0. The Morgan fingerprint density at radius 3 is 2.62 bits per heavy atom. The molecular weight excluding hydrogens is 216 g/mol. The van der Waals surface area contributed by atoms with Crippen LogP contribution in [-0.2, 0) is 0 Å². The van der Waals surface area contributed by atoms with Gasteiger partial charge in [0, 0.05) is 11.3 Å². The fraction of sp³-hybridized carbons (Fsp3) is 0.923. The molecule has 2 nitrogen and oxygen atoms in total. The minimum absolute atomic E-state index is 0.680. The lowest BCUT2D eigenvalue weighted by Gasteiger charge is -2.20. The van der Waals surface area contributed by atoms with Gasteiger partial charge in [-0.15, -0.1) is 0 Å². The molecule has 0 aromatic carbocycles. The first-order valence-corrected chi connectivity index (χ1v) is 7.59. The molecule has 1 N–H and O–H groups in total. The minimum atomic E-state index is 0.680. The van der Waals surface area contributed by atoms with Gasteiger partial charge in [0.2, 0.25) is 0 Å². The van der Waals surface area contributed by atoms with Crippen LogP contribution in [0.2, 0.25) is 0 Å². The van der Waals surface area contributed by atoms with Crippen molar-refractivity contribution >= 4 is 16.9 Å². The van der Waals surface area contributed by atoms with Crippen molar-refractivity contribution in [3.63, 3.8) is 0 Å². The quantitative estimate of drug-likeness (QED) is 0.800. The molecule has 2 aliphatic carbocycles. The van der Waals surface area contributed by atoms with Crippen LogP contribution in [0, 0.1) is 17.8 Å². The lowest BCUT2D eigenvalue weighted by molar-refractivity contribution is 0.404. The van der Waals surface area contributed by atoms with Gasteiger partial charge in [0.15, 0.2) is 5.17 Å². The van der Waals surface area contributed by atoms with Crippen molar-refractivity contribution in [1.82, 2.24) is 5.32 Å². The van der Waals surface area contributed by atoms with E-state index in [2.05, 4.69) is 24.2 Å². The second-order valence-corrected chi connectivity index (χ2v) is 7.03. The molecule has 4 atom stereocenters. The molecule has 0 amide bonds. The van der Waals surface area contributed by atoms with Gasteiger partial charge >= 0.3 is 0 Å². The molecule has 1 heterocycles. The normalized spacial score (nSPS) is 43.5. The summed E-state index contributed by atoms with van der Waals surface area (Å²) >= 11 is 2.01. The van der Waals surface area contributed by atoms with E-state index >= 15 is 0 Å². The standard InChI is InChI=1S/C13H22N2S/c1-8-3-6-11(9(8)2)15-13-14-7-12(16-13)10-4-5-10/h8-12H,3-7H2,1-2H3,(H,14,15). The van der Waals surface area contributed by atoms with E-state index in [9.17, 15) is 0 Å². The highest BCUT2D eigenvalue weighted by Crippen LogP contribution is 2.42. The molecule has 3 aliphatic rings. The molecule has 0 aromatic rings. The predicted octanol–water partition coefficient (Wildman–Crippen LogP) is 2.89. The van der Waals surface area contributed by atoms with Crippen LogP contribution in [0.15, 0.2) is 4.99 Å². The van der Waals surface area contributed by atoms with Crippen molar-refractivity contribution in [2.45, 2.75) is 50.8 Å². The van der Waals surface area contributed by atoms with Crippen LogP contribution in [0.4, 0.5) is 0 Å². The summed E-state index contributed by atoms with van der Waals surface area (Å²) in [5.41, 5.74) is 0. The summed E-state index contributed by atoms with van der Waals surface area (Å²) in [5, 5.41) is 5.72. The summed E-state index contributed by atoms with van der Waals surface area (Å²) in [6, 6.07) is 0.680. The maximum atomic E-state index is 4.67. The average molecular weight is 238 g/mol. The highest BCUT2D eigenvalue weighted by Gasteiger charge is 2.37. The number of hydrogen-bond donors (Lipinski definition) is 1. The predicted molar refractivity (Wildman–Crippen MR) is 70.9 cm³/mol. The molecular formula is C13H22N2S. The second-order valence-electron chi connectivity index (χ2n) is 5.80. The molecule has 4 unspecified atom stereocenters. The van der Waals surface area contributed by atoms with E-state index in [0.717, 1.165) is 29.5 Å². The first-order chi connectivity index (χ1) is 7.74. The maximum Gasteiger partial charge on any atom is 0.157 e. The first-order valence-electron chi connectivity index (χ1n) is 6.71. The fourth-order valence-electron chi connectivity index (χ4n) is 2.91. The topological polar surface area (TPSA) is 24.4 Å². The Balaban J connectivity index is 1.52. The van der Waals surface area contributed by atoms with Gasteiger partial charge in [-0.05, 0) is 43.4 Å². The molecule has 2 fully saturated rings. The Morgan fingerprint density at radius 1 is 1.19 bits per heavy atom. The lowest BCUT2D eigenvalue weighted by atomic mass is 9.98. The van der Waals surface area contributed by atoms with Crippen LogP contribution in [0.1, 0.15) is 39.5 Å². The van der Waals surface area contributed by atoms with E-state index in [1.165, 1.54) is 30.9 Å². The third-order valence-electron chi connectivity index (χ3n) is 4.60. The number of nitrogens with zero attached hydrogens (tertiary/aromatic N) is 1. The van der Waals surface area contributed by atoms with Gasteiger partial charge in [-0.2, -0.15) is 0 Å². The number of rotatable bonds is 2. The van der Waals surface area contributed by atoms with Crippen LogP contribution in [0.3, 0.4) is 0 Å². The van der Waals surface area contributed by atoms with Crippen molar-refractivity contribution in [3.8, 4) is 0 Å². The van der Waals surface area contributed by atoms with Crippen LogP contribution in [0.5, 0.6) is 0 Å². The fourth-order valence-corrected chi connectivity index (χ4v) is 4.18. The van der Waals surface area contributed by atoms with Gasteiger partial charge in [-0.1, -0.05) is 25.6 Å². The van der Waals surface area contributed by atoms with Gasteiger partial charge in [0.25, 0.3) is 0 Å². The smallest absolute Gasteiger partial charge is 0.157 e. The zero-order valence-corrected chi connectivity index (χ0v) is 11.1. The van der Waals surface area contributed by atoms with Crippen LogP contribution in [-0.4, -0.2) is 23.0 Å². The van der Waals surface area contributed by atoms with Crippen molar-refractivity contribution in [2.24, 2.45) is 22.7 Å². The number of amidine groups is 1. The number of hydrogen-bond acceptors (Lipinski definition) is 3. The van der Waals surface area contributed by atoms with E-state index in [4.69, 9.17) is 0 Å². The molecule has 90 valence electrons. The van der Waals surface area contributed by atoms with Crippen LogP contribution < -0.4 is 5.32 Å². The summed E-state index contributed by atoms with van der Waals surface area (Å²) in [5.74, 6) is 2.67. The van der Waals surface area contributed by atoms with E-state index < -0.39 is 0 Å². The Kier molecular flexibility index (Phi) is 2.90. The zero-order chi connectivity index (χ0) is 11.1. The molecule has 0 aromatic heterocycles. The molecule has 16 heavy (non-hydrogen) atoms. The largest absolute Gasteiger partial charge is 0.362 e. The molecule has 0 bridgehead atoms. The van der Waals surface area contributed by atoms with Gasteiger partial charge in [-0.3, -0.25) is 4.99 Å². The van der Waals surface area contributed by atoms with Gasteiger partial charge < -0.3 is 5.32 Å². The minimum Gasteiger partial charge on any atom is -0.362 e. The Hall–Kier alpha value is -0.180. The molecule has 3 heteroatoms. The van der Waals surface area contributed by atoms with Gasteiger partial charge in [-0.25, -0.2) is 0 Å². The van der Waals surface area contributed by atoms with Gasteiger partial charge in [0.05, 0.1) is 6.54 Å². The van der Waals surface area contributed by atoms with Crippen LogP contribution in [0.25, 0.3) is 0 Å². The Bertz CT molecular complexity index is 298. The van der Waals surface area contributed by atoms with Crippen molar-refractivity contribution in [1.29, 1.82) is 0 Å². The first kappa shape index (κ1) is 10.9. The Morgan fingerprint density at radius 2 is 2.00 bits per heavy atom. The van der Waals surface area contributed by atoms with E-state index in [1.54, 1.807) is 0 Å². The SMILES string of the molecule is CC1CCC(NC2=NCC(C3CC3)S2)C1C. The van der Waals surface area contributed by atoms with Crippen LogP contribution >= 0.6 is 11.8 Å². The summed E-state index contributed by atoms with van der Waals surface area (Å²) in [6.07, 6.45) is 5.59. The van der Waals surface area contributed by atoms with Crippen molar-refractivity contribution in [2.75, 3.05) is 6.54 Å². The average Bonchev–Trinajstić information content (AvgIpc) is 2.96. The number of nitrogens with one attached hydrogen (secondary N) is 1. The van der Waals surface area contributed by atoms with E-state index in [0.29, 0.717) is 6.04 Å². The maximum absolute atomic E-state index is 4.67. The third-order valence-corrected chi connectivity index (χ3v) is 5.91. The van der Waals surface area contributed by atoms with Crippen molar-refractivity contribution < 1.29 is 0 Å². The zero-order valence-electron chi connectivity index (χ0n) is 10.3. The highest BCUT2D eigenvalue weighted by atomic mass is 32.2. The Labute approximate surface area is 103 Å². The third kappa shape index (κ3) is 2.11. The highest BCUT2D eigenvalue weighted by molar-refractivity contribution is 8.14. The molecule has 3 rings (SSSR count). The van der Waals surface area contributed by atoms with Gasteiger partial charge in [0.1, 0.15) is 0 Å².